The van der Waals surface area contributed by atoms with Crippen LogP contribution in [0.1, 0.15) is 31.4 Å². The second kappa shape index (κ2) is 9.56. The summed E-state index contributed by atoms with van der Waals surface area (Å²) in [4.78, 5) is 14.9. The van der Waals surface area contributed by atoms with Crippen molar-refractivity contribution in [2.24, 2.45) is 0 Å². The minimum atomic E-state index is -3.52. The van der Waals surface area contributed by atoms with Gasteiger partial charge in [-0.1, -0.05) is 26.0 Å². The van der Waals surface area contributed by atoms with Gasteiger partial charge in [-0.25, -0.2) is 16.8 Å². The number of sulfone groups is 1. The van der Waals surface area contributed by atoms with E-state index in [0.717, 1.165) is 17.7 Å². The maximum Gasteiger partial charge on any atom is 0.250 e. The third-order valence-electron chi connectivity index (χ3n) is 5.51. The lowest BCUT2D eigenvalue weighted by molar-refractivity contribution is -0.114. The molecule has 0 atom stereocenters. The number of amides is 1. The van der Waals surface area contributed by atoms with Crippen LogP contribution in [0.25, 0.3) is 6.08 Å². The number of anilines is 1. The molecule has 2 aromatic carbocycles. The molecule has 0 N–H and O–H groups in total. The molecule has 0 spiro atoms. The van der Waals surface area contributed by atoms with Crippen LogP contribution in [0.15, 0.2) is 58.3 Å². The van der Waals surface area contributed by atoms with E-state index < -0.39 is 19.9 Å². The first-order valence-electron chi connectivity index (χ1n) is 10.5. The fourth-order valence-electron chi connectivity index (χ4n) is 3.75. The highest BCUT2D eigenvalue weighted by Gasteiger charge is 2.23. The van der Waals surface area contributed by atoms with Gasteiger partial charge in [0.1, 0.15) is 0 Å². The van der Waals surface area contributed by atoms with Crippen molar-refractivity contribution < 1.29 is 21.6 Å². The Balaban J connectivity index is 1.78. The van der Waals surface area contributed by atoms with Crippen molar-refractivity contribution in [1.82, 2.24) is 4.31 Å². The van der Waals surface area contributed by atoms with Crippen LogP contribution in [0.5, 0.6) is 0 Å². The Morgan fingerprint density at radius 2 is 1.62 bits per heavy atom. The van der Waals surface area contributed by atoms with E-state index in [9.17, 15) is 21.6 Å². The van der Waals surface area contributed by atoms with Crippen LogP contribution in [0.4, 0.5) is 5.69 Å². The Bertz CT molecular complexity index is 1230. The van der Waals surface area contributed by atoms with Gasteiger partial charge in [-0.2, -0.15) is 4.31 Å². The summed E-state index contributed by atoms with van der Waals surface area (Å²) in [7, 11) is -6.83. The minimum Gasteiger partial charge on any atom is -0.309 e. The van der Waals surface area contributed by atoms with E-state index in [-0.39, 0.29) is 15.7 Å². The molecule has 9 heteroatoms. The third kappa shape index (κ3) is 5.11. The van der Waals surface area contributed by atoms with Gasteiger partial charge in [0.2, 0.25) is 10.0 Å². The number of fused-ring (bicyclic) bond motifs is 1. The summed E-state index contributed by atoms with van der Waals surface area (Å²) in [5, 5.41) is 0. The second-order valence-electron chi connectivity index (χ2n) is 7.65. The lowest BCUT2D eigenvalue weighted by Gasteiger charge is -2.29. The second-order valence-corrected chi connectivity index (χ2v) is 11.6. The summed E-state index contributed by atoms with van der Waals surface area (Å²) in [5.74, 6) is -0.210. The lowest BCUT2D eigenvalue weighted by Crippen LogP contribution is -2.34. The normalized spacial score (nSPS) is 14.7. The third-order valence-corrected chi connectivity index (χ3v) is 8.68. The van der Waals surface area contributed by atoms with Gasteiger partial charge in [-0.3, -0.25) is 4.79 Å². The number of sulfonamides is 1. The number of carbonyl (C=O) groups is 1. The quantitative estimate of drug-likeness (QED) is 0.573. The summed E-state index contributed by atoms with van der Waals surface area (Å²) in [6, 6.07) is 11.3. The van der Waals surface area contributed by atoms with Gasteiger partial charge in [-0.05, 0) is 60.4 Å². The van der Waals surface area contributed by atoms with Crippen molar-refractivity contribution in [2.75, 3.05) is 30.8 Å². The number of rotatable bonds is 7. The minimum absolute atomic E-state index is 0.210. The van der Waals surface area contributed by atoms with Crippen molar-refractivity contribution >= 4 is 37.5 Å². The zero-order chi connectivity index (χ0) is 23.5. The van der Waals surface area contributed by atoms with Crippen LogP contribution in [0, 0.1) is 0 Å². The van der Waals surface area contributed by atoms with E-state index in [1.54, 1.807) is 61.2 Å². The number of hydrogen-bond donors (Lipinski definition) is 0. The van der Waals surface area contributed by atoms with E-state index in [1.807, 2.05) is 0 Å². The number of hydrogen-bond acceptors (Lipinski definition) is 5. The van der Waals surface area contributed by atoms with E-state index in [1.165, 1.54) is 22.7 Å². The highest BCUT2D eigenvalue weighted by molar-refractivity contribution is 7.90. The number of benzene rings is 2. The topological polar surface area (TPSA) is 91.8 Å². The van der Waals surface area contributed by atoms with E-state index >= 15 is 0 Å². The van der Waals surface area contributed by atoms with Crippen LogP contribution in [0.2, 0.25) is 0 Å². The van der Waals surface area contributed by atoms with Gasteiger partial charge in [0.05, 0.1) is 9.79 Å². The summed E-state index contributed by atoms with van der Waals surface area (Å²) < 4.78 is 50.2. The zero-order valence-corrected chi connectivity index (χ0v) is 20.1. The molecule has 0 aliphatic carbocycles. The Morgan fingerprint density at radius 1 is 1.00 bits per heavy atom. The summed E-state index contributed by atoms with van der Waals surface area (Å²) >= 11 is 0. The Kier molecular flexibility index (Phi) is 7.22. The van der Waals surface area contributed by atoms with Crippen LogP contribution in [-0.2, 0) is 31.1 Å². The molecule has 0 unspecified atom stereocenters. The van der Waals surface area contributed by atoms with Gasteiger partial charge < -0.3 is 4.90 Å². The molecule has 1 aliphatic rings. The fourth-order valence-corrected chi connectivity index (χ4v) is 5.88. The molecule has 0 fully saturated rings. The highest BCUT2D eigenvalue weighted by Crippen LogP contribution is 2.30. The molecule has 3 rings (SSSR count). The van der Waals surface area contributed by atoms with Crippen molar-refractivity contribution in [3.8, 4) is 0 Å². The van der Waals surface area contributed by atoms with E-state index in [4.69, 9.17) is 0 Å². The molecule has 172 valence electrons. The predicted octanol–water partition coefficient (Wildman–Crippen LogP) is 3.11. The summed E-state index contributed by atoms with van der Waals surface area (Å²) in [6.07, 6.45) is 5.73. The average Bonchev–Trinajstić information content (AvgIpc) is 2.77. The van der Waals surface area contributed by atoms with Crippen LogP contribution in [0.3, 0.4) is 0 Å². The molecule has 0 saturated carbocycles. The first kappa shape index (κ1) is 24.2. The van der Waals surface area contributed by atoms with Crippen LogP contribution >= 0.6 is 0 Å². The molecule has 1 amide bonds. The van der Waals surface area contributed by atoms with E-state index in [2.05, 4.69) is 0 Å². The molecule has 1 aliphatic heterocycles. The lowest BCUT2D eigenvalue weighted by atomic mass is 10.0. The molecule has 0 aromatic heterocycles. The molecule has 0 radical (unpaired) electrons. The largest absolute Gasteiger partial charge is 0.309 e. The monoisotopic (exact) mass is 476 g/mol. The van der Waals surface area contributed by atoms with Crippen molar-refractivity contribution in [3.05, 3.63) is 59.7 Å². The highest BCUT2D eigenvalue weighted by atomic mass is 32.2. The fraction of sp³-hybridized carbons (Fsp3) is 0.348. The maximum absolute atomic E-state index is 12.8. The molecular formula is C23H28N2O5S2. The van der Waals surface area contributed by atoms with Gasteiger partial charge >= 0.3 is 0 Å². The van der Waals surface area contributed by atoms with Gasteiger partial charge in [0.15, 0.2) is 9.84 Å². The molecule has 32 heavy (non-hydrogen) atoms. The van der Waals surface area contributed by atoms with Gasteiger partial charge in [-0.15, -0.1) is 0 Å². The van der Waals surface area contributed by atoms with Crippen LogP contribution < -0.4 is 4.90 Å². The van der Waals surface area contributed by atoms with Crippen molar-refractivity contribution in [1.29, 1.82) is 0 Å². The maximum atomic E-state index is 12.8. The standard InChI is InChI=1S/C23H28N2O5S2/c1-4-24(5-2)32(29,30)20-11-8-18(9-12-20)10-15-23(26)25-16-6-7-19-17-21(31(3,27)28)13-14-22(19)25/h8-15,17H,4-7,16H2,1-3H3/b15-10+. The number of aryl methyl sites for hydroxylation is 1. The molecule has 7 nitrogen and oxygen atoms in total. The van der Waals surface area contributed by atoms with Crippen molar-refractivity contribution in [3.63, 3.8) is 0 Å². The Labute approximate surface area is 190 Å². The molecule has 1 heterocycles. The zero-order valence-electron chi connectivity index (χ0n) is 18.5. The molecule has 0 bridgehead atoms. The van der Waals surface area contributed by atoms with Crippen LogP contribution in [-0.4, -0.2) is 52.9 Å². The average molecular weight is 477 g/mol. The first-order valence-corrected chi connectivity index (χ1v) is 13.8. The molecule has 0 saturated heterocycles. The van der Waals surface area contributed by atoms with Gasteiger partial charge in [0.25, 0.3) is 5.91 Å². The van der Waals surface area contributed by atoms with Crippen molar-refractivity contribution in [2.45, 2.75) is 36.5 Å². The summed E-state index contributed by atoms with van der Waals surface area (Å²) in [5.41, 5.74) is 2.27. The predicted molar refractivity (Wildman–Crippen MR) is 126 cm³/mol. The molecular weight excluding hydrogens is 448 g/mol. The molecule has 2 aromatic rings. The first-order chi connectivity index (χ1) is 15.1. The van der Waals surface area contributed by atoms with Gasteiger partial charge in [0, 0.05) is 37.7 Å². The smallest absolute Gasteiger partial charge is 0.250 e. The SMILES string of the molecule is CCN(CC)S(=O)(=O)c1ccc(/C=C/C(=O)N2CCCc3cc(S(C)(=O)=O)ccc32)cc1. The van der Waals surface area contributed by atoms with E-state index in [0.29, 0.717) is 31.6 Å². The summed E-state index contributed by atoms with van der Waals surface area (Å²) in [6.45, 7) is 4.94. The number of carbonyl (C=O) groups excluding carboxylic acids is 1. The number of nitrogens with zero attached hydrogens (tertiary/aromatic N) is 2. The Morgan fingerprint density at radius 3 is 2.22 bits per heavy atom. The Hall–Kier alpha value is -2.49.